The van der Waals surface area contributed by atoms with E-state index in [1.54, 1.807) is 6.08 Å². The van der Waals surface area contributed by atoms with Crippen LogP contribution in [0.15, 0.2) is 12.7 Å². The molecule has 1 fully saturated rings. The van der Waals surface area contributed by atoms with Crippen LogP contribution in [0.1, 0.15) is 32.1 Å². The number of aliphatic hydroxyl groups excluding tert-OH is 1. The fraction of sp³-hybridized carbons (Fsp3) is 0.769. The highest BCUT2D eigenvalue weighted by Crippen LogP contribution is 2.19. The molecule has 1 N–H and O–H groups in total. The van der Waals surface area contributed by atoms with E-state index >= 15 is 0 Å². The summed E-state index contributed by atoms with van der Waals surface area (Å²) in [6.07, 6.45) is 5.89. The minimum Gasteiger partial charge on any atom is -0.468 e. The van der Waals surface area contributed by atoms with Gasteiger partial charge in [0, 0.05) is 6.54 Å². The number of nitrogens with zero attached hydrogens (tertiary/aromatic N) is 1. The minimum atomic E-state index is -0.391. The predicted octanol–water partition coefficient (Wildman–Crippen LogP) is 1.34. The van der Waals surface area contributed by atoms with Crippen molar-refractivity contribution in [1.29, 1.82) is 0 Å². The molecular formula is C13H23NO3. The average Bonchev–Trinajstić information content (AvgIpc) is 2.36. The van der Waals surface area contributed by atoms with Gasteiger partial charge < -0.3 is 9.84 Å². The Balaban J connectivity index is 2.47. The van der Waals surface area contributed by atoms with Crippen molar-refractivity contribution in [3.63, 3.8) is 0 Å². The number of carbonyl (C=O) groups excluding carboxylic acids is 1. The van der Waals surface area contributed by atoms with Gasteiger partial charge in [0.15, 0.2) is 0 Å². The van der Waals surface area contributed by atoms with E-state index in [9.17, 15) is 9.90 Å². The number of methoxy groups -OCH3 is 1. The predicted molar refractivity (Wildman–Crippen MR) is 66.7 cm³/mol. The second-order valence-corrected chi connectivity index (χ2v) is 4.55. The van der Waals surface area contributed by atoms with Crippen molar-refractivity contribution in [3.8, 4) is 0 Å². The third kappa shape index (κ3) is 4.48. The van der Waals surface area contributed by atoms with Crippen LogP contribution in [0.3, 0.4) is 0 Å². The van der Waals surface area contributed by atoms with E-state index in [1.165, 1.54) is 7.11 Å². The minimum absolute atomic E-state index is 0.174. The SMILES string of the molecule is C=CCCC(O)CN1CCCCC1C(=O)OC. The Morgan fingerprint density at radius 1 is 1.65 bits per heavy atom. The molecule has 1 aliphatic rings. The van der Waals surface area contributed by atoms with Crippen molar-refractivity contribution >= 4 is 5.97 Å². The summed E-state index contributed by atoms with van der Waals surface area (Å²) in [5.74, 6) is -0.180. The van der Waals surface area contributed by atoms with Crippen LogP contribution in [-0.4, -0.2) is 48.3 Å². The lowest BCUT2D eigenvalue weighted by molar-refractivity contribution is -0.148. The number of ether oxygens (including phenoxy) is 1. The maximum absolute atomic E-state index is 11.6. The van der Waals surface area contributed by atoms with Gasteiger partial charge in [-0.05, 0) is 32.2 Å². The van der Waals surface area contributed by atoms with Crippen molar-refractivity contribution in [3.05, 3.63) is 12.7 Å². The van der Waals surface area contributed by atoms with E-state index < -0.39 is 6.10 Å². The first-order valence-electron chi connectivity index (χ1n) is 6.30. The first-order valence-corrected chi connectivity index (χ1v) is 6.30. The fourth-order valence-electron chi connectivity index (χ4n) is 2.28. The van der Waals surface area contributed by atoms with E-state index in [2.05, 4.69) is 6.58 Å². The number of aliphatic hydroxyl groups is 1. The Labute approximate surface area is 103 Å². The van der Waals surface area contributed by atoms with Gasteiger partial charge in [-0.2, -0.15) is 0 Å². The summed E-state index contributed by atoms with van der Waals surface area (Å²) >= 11 is 0. The number of hydrogen-bond acceptors (Lipinski definition) is 4. The van der Waals surface area contributed by atoms with Gasteiger partial charge in [-0.25, -0.2) is 0 Å². The molecule has 0 spiro atoms. The van der Waals surface area contributed by atoms with E-state index in [1.807, 2.05) is 4.90 Å². The lowest BCUT2D eigenvalue weighted by Gasteiger charge is -2.34. The molecule has 1 saturated heterocycles. The summed E-state index contributed by atoms with van der Waals surface area (Å²) in [5, 5.41) is 9.86. The molecule has 0 aromatic carbocycles. The molecule has 0 radical (unpaired) electrons. The number of rotatable bonds is 6. The standard InChI is InChI=1S/C13H23NO3/c1-3-4-7-11(15)10-14-9-6-5-8-12(14)13(16)17-2/h3,11-12,15H,1,4-10H2,2H3. The number of piperidine rings is 1. The molecule has 4 heteroatoms. The Hall–Kier alpha value is -0.870. The molecule has 0 aromatic rings. The van der Waals surface area contributed by atoms with Crippen LogP contribution in [0.2, 0.25) is 0 Å². The second-order valence-electron chi connectivity index (χ2n) is 4.55. The Kier molecular flexibility index (Phi) is 6.22. The number of β-amino-alcohol motifs (C(OH)–C–C–N with tert-alkyl or cyclic N) is 1. The van der Waals surface area contributed by atoms with E-state index in [0.29, 0.717) is 13.0 Å². The van der Waals surface area contributed by atoms with Crippen molar-refractivity contribution in [1.82, 2.24) is 4.90 Å². The number of esters is 1. The second kappa shape index (κ2) is 7.45. The Bertz CT molecular complexity index is 255. The van der Waals surface area contributed by atoms with Crippen LogP contribution >= 0.6 is 0 Å². The molecule has 1 rings (SSSR count). The van der Waals surface area contributed by atoms with Gasteiger partial charge in [0.25, 0.3) is 0 Å². The summed E-state index contributed by atoms with van der Waals surface area (Å²) in [6, 6.07) is -0.174. The van der Waals surface area contributed by atoms with Crippen LogP contribution in [-0.2, 0) is 9.53 Å². The summed E-state index contributed by atoms with van der Waals surface area (Å²) in [7, 11) is 1.42. The fourth-order valence-corrected chi connectivity index (χ4v) is 2.28. The molecular weight excluding hydrogens is 218 g/mol. The first kappa shape index (κ1) is 14.2. The summed E-state index contributed by atoms with van der Waals surface area (Å²) < 4.78 is 4.80. The maximum atomic E-state index is 11.6. The van der Waals surface area contributed by atoms with Gasteiger partial charge in [0.2, 0.25) is 0 Å². The van der Waals surface area contributed by atoms with Crippen molar-refractivity contribution in [2.24, 2.45) is 0 Å². The van der Waals surface area contributed by atoms with Crippen molar-refractivity contribution < 1.29 is 14.6 Å². The van der Waals surface area contributed by atoms with Crippen molar-refractivity contribution in [2.75, 3.05) is 20.2 Å². The molecule has 1 heterocycles. The number of carbonyl (C=O) groups is 1. The highest BCUT2D eigenvalue weighted by Gasteiger charge is 2.30. The third-order valence-electron chi connectivity index (χ3n) is 3.24. The Morgan fingerprint density at radius 2 is 2.41 bits per heavy atom. The molecule has 0 aromatic heterocycles. The van der Waals surface area contributed by atoms with E-state index in [-0.39, 0.29) is 12.0 Å². The third-order valence-corrected chi connectivity index (χ3v) is 3.24. The highest BCUT2D eigenvalue weighted by molar-refractivity contribution is 5.75. The molecule has 0 aliphatic carbocycles. The first-order chi connectivity index (χ1) is 8.19. The monoisotopic (exact) mass is 241 g/mol. The lowest BCUT2D eigenvalue weighted by Crippen LogP contribution is -2.48. The van der Waals surface area contributed by atoms with Crippen LogP contribution in [0.4, 0.5) is 0 Å². The highest BCUT2D eigenvalue weighted by atomic mass is 16.5. The molecule has 17 heavy (non-hydrogen) atoms. The quantitative estimate of drug-likeness (QED) is 0.563. The topological polar surface area (TPSA) is 49.8 Å². The number of allylic oxidation sites excluding steroid dienone is 1. The maximum Gasteiger partial charge on any atom is 0.323 e. The zero-order chi connectivity index (χ0) is 12.7. The summed E-state index contributed by atoms with van der Waals surface area (Å²) in [6.45, 7) is 5.05. The van der Waals surface area contributed by atoms with Gasteiger partial charge in [-0.3, -0.25) is 9.69 Å². The lowest BCUT2D eigenvalue weighted by atomic mass is 10.0. The van der Waals surface area contributed by atoms with Crippen LogP contribution in [0.25, 0.3) is 0 Å². The molecule has 4 nitrogen and oxygen atoms in total. The molecule has 1 aliphatic heterocycles. The van der Waals surface area contributed by atoms with Gasteiger partial charge in [-0.1, -0.05) is 12.5 Å². The average molecular weight is 241 g/mol. The largest absolute Gasteiger partial charge is 0.468 e. The molecule has 0 saturated carbocycles. The van der Waals surface area contributed by atoms with Gasteiger partial charge in [0.1, 0.15) is 6.04 Å². The van der Waals surface area contributed by atoms with E-state index in [0.717, 1.165) is 32.2 Å². The molecule has 2 atom stereocenters. The molecule has 0 amide bonds. The van der Waals surface area contributed by atoms with Gasteiger partial charge in [0.05, 0.1) is 13.2 Å². The van der Waals surface area contributed by atoms with Gasteiger partial charge >= 0.3 is 5.97 Å². The zero-order valence-corrected chi connectivity index (χ0v) is 10.6. The smallest absolute Gasteiger partial charge is 0.323 e. The van der Waals surface area contributed by atoms with Crippen molar-refractivity contribution in [2.45, 2.75) is 44.2 Å². The van der Waals surface area contributed by atoms with E-state index in [4.69, 9.17) is 4.74 Å². The van der Waals surface area contributed by atoms with Crippen LogP contribution < -0.4 is 0 Å². The zero-order valence-electron chi connectivity index (χ0n) is 10.6. The number of hydrogen-bond donors (Lipinski definition) is 1. The van der Waals surface area contributed by atoms with Crippen LogP contribution in [0, 0.1) is 0 Å². The molecule has 98 valence electrons. The summed E-state index contributed by atoms with van der Waals surface area (Å²) in [5.41, 5.74) is 0. The normalized spacial score (nSPS) is 23.1. The molecule has 2 unspecified atom stereocenters. The Morgan fingerprint density at radius 3 is 3.06 bits per heavy atom. The summed E-state index contributed by atoms with van der Waals surface area (Å²) in [4.78, 5) is 13.7. The van der Waals surface area contributed by atoms with Crippen LogP contribution in [0.5, 0.6) is 0 Å². The van der Waals surface area contributed by atoms with Gasteiger partial charge in [-0.15, -0.1) is 6.58 Å². The molecule has 0 bridgehead atoms. The number of likely N-dealkylation sites (tertiary alicyclic amines) is 1.